The Kier molecular flexibility index (Phi) is 5.98. The summed E-state index contributed by atoms with van der Waals surface area (Å²) in [6, 6.07) is 20.2. The number of rotatable bonds is 7. The molecule has 0 atom stereocenters. The second-order valence-electron chi connectivity index (χ2n) is 8.47. The van der Waals surface area contributed by atoms with Gasteiger partial charge in [-0.3, -0.25) is 9.59 Å². The fourth-order valence-corrected chi connectivity index (χ4v) is 4.32. The molecule has 1 heterocycles. The summed E-state index contributed by atoms with van der Waals surface area (Å²) in [7, 11) is 0. The third-order valence-corrected chi connectivity index (χ3v) is 6.45. The van der Waals surface area contributed by atoms with Crippen molar-refractivity contribution in [2.75, 3.05) is 19.6 Å². The quantitative estimate of drug-likeness (QED) is 0.784. The molecule has 29 heavy (non-hydrogen) atoms. The zero-order valence-electron chi connectivity index (χ0n) is 17.0. The van der Waals surface area contributed by atoms with E-state index >= 15 is 0 Å². The van der Waals surface area contributed by atoms with Gasteiger partial charge in [-0.05, 0) is 49.1 Å². The van der Waals surface area contributed by atoms with E-state index in [0.29, 0.717) is 38.3 Å². The first kappa shape index (κ1) is 19.7. The van der Waals surface area contributed by atoms with Crippen molar-refractivity contribution in [3.63, 3.8) is 0 Å². The van der Waals surface area contributed by atoms with Crippen molar-refractivity contribution in [1.82, 2.24) is 10.2 Å². The molecule has 0 aromatic heterocycles. The number of carbonyl (C=O) groups is 2. The van der Waals surface area contributed by atoms with E-state index in [0.717, 1.165) is 18.5 Å². The number of hydrogen-bond donors (Lipinski definition) is 1. The third kappa shape index (κ3) is 4.69. The number of nitrogens with one attached hydrogen (secondary N) is 1. The van der Waals surface area contributed by atoms with Crippen molar-refractivity contribution in [2.45, 2.75) is 43.9 Å². The Labute approximate surface area is 173 Å². The molecular formula is C25H30N2O2. The molecule has 0 radical (unpaired) electrons. The molecule has 2 amide bonds. The number of amides is 2. The van der Waals surface area contributed by atoms with E-state index in [4.69, 9.17) is 0 Å². The van der Waals surface area contributed by atoms with Crippen LogP contribution in [-0.2, 0) is 21.4 Å². The number of likely N-dealkylation sites (tertiary alicyclic amines) is 1. The molecule has 1 aliphatic heterocycles. The summed E-state index contributed by atoms with van der Waals surface area (Å²) < 4.78 is 0. The number of piperidine rings is 1. The number of hydrogen-bond acceptors (Lipinski definition) is 2. The fourth-order valence-electron chi connectivity index (χ4n) is 4.32. The summed E-state index contributed by atoms with van der Waals surface area (Å²) in [5.41, 5.74) is 1.74. The first-order valence-corrected chi connectivity index (χ1v) is 10.8. The van der Waals surface area contributed by atoms with Crippen molar-refractivity contribution in [3.05, 3.63) is 71.8 Å². The number of aryl methyl sites for hydroxylation is 1. The van der Waals surface area contributed by atoms with Crippen molar-refractivity contribution >= 4 is 11.8 Å². The van der Waals surface area contributed by atoms with E-state index in [-0.39, 0.29) is 11.8 Å². The van der Waals surface area contributed by atoms with Gasteiger partial charge < -0.3 is 10.2 Å². The maximum Gasteiger partial charge on any atom is 0.230 e. The van der Waals surface area contributed by atoms with E-state index in [1.165, 1.54) is 18.4 Å². The van der Waals surface area contributed by atoms with Crippen molar-refractivity contribution in [1.29, 1.82) is 0 Å². The largest absolute Gasteiger partial charge is 0.355 e. The summed E-state index contributed by atoms with van der Waals surface area (Å²) >= 11 is 0. The molecule has 1 saturated carbocycles. The van der Waals surface area contributed by atoms with Gasteiger partial charge in [-0.2, -0.15) is 0 Å². The monoisotopic (exact) mass is 390 g/mol. The van der Waals surface area contributed by atoms with E-state index in [9.17, 15) is 9.59 Å². The van der Waals surface area contributed by atoms with Gasteiger partial charge in [0, 0.05) is 26.1 Å². The van der Waals surface area contributed by atoms with Gasteiger partial charge in [0.25, 0.3) is 0 Å². The van der Waals surface area contributed by atoms with Crippen molar-refractivity contribution < 1.29 is 9.59 Å². The van der Waals surface area contributed by atoms with Crippen LogP contribution in [0.2, 0.25) is 0 Å². The van der Waals surface area contributed by atoms with Gasteiger partial charge in [0.15, 0.2) is 0 Å². The normalized spacial score (nSPS) is 18.3. The molecule has 2 fully saturated rings. The zero-order chi connectivity index (χ0) is 20.1. The molecule has 0 bridgehead atoms. The van der Waals surface area contributed by atoms with Gasteiger partial charge in [0.2, 0.25) is 11.8 Å². The highest BCUT2D eigenvalue weighted by molar-refractivity contribution is 5.89. The molecular weight excluding hydrogens is 360 g/mol. The fraction of sp³-hybridized carbons (Fsp3) is 0.440. The highest BCUT2D eigenvalue weighted by atomic mass is 16.2. The molecule has 2 aromatic carbocycles. The third-order valence-electron chi connectivity index (χ3n) is 6.45. The molecule has 1 aliphatic carbocycles. The summed E-state index contributed by atoms with van der Waals surface area (Å²) in [6.07, 6.45) is 5.11. The minimum absolute atomic E-state index is 0.131. The summed E-state index contributed by atoms with van der Waals surface area (Å²) in [6.45, 7) is 2.06. The standard InChI is InChI=1S/C25H30N2O2/c28-23(14-13-20-7-3-1-4-8-20)27-17-15-25(16-18-27,22-9-5-2-6-10-22)24(29)26-19-21-11-12-21/h1-10,21H,11-19H2,(H,26,29). The van der Waals surface area contributed by atoms with E-state index in [2.05, 4.69) is 29.6 Å². The molecule has 1 N–H and O–H groups in total. The van der Waals surface area contributed by atoms with Gasteiger partial charge in [0.05, 0.1) is 5.41 Å². The minimum atomic E-state index is -0.521. The van der Waals surface area contributed by atoms with Gasteiger partial charge in [-0.25, -0.2) is 0 Å². The summed E-state index contributed by atoms with van der Waals surface area (Å²) in [5, 5.41) is 3.20. The molecule has 1 saturated heterocycles. The van der Waals surface area contributed by atoms with E-state index < -0.39 is 5.41 Å². The lowest BCUT2D eigenvalue weighted by atomic mass is 9.72. The van der Waals surface area contributed by atoms with Crippen molar-refractivity contribution in [3.8, 4) is 0 Å². The maximum atomic E-state index is 13.2. The second kappa shape index (κ2) is 8.81. The highest BCUT2D eigenvalue weighted by Gasteiger charge is 2.43. The molecule has 4 rings (SSSR count). The van der Waals surface area contributed by atoms with Gasteiger partial charge in [0.1, 0.15) is 0 Å². The molecule has 2 aromatic rings. The lowest BCUT2D eigenvalue weighted by Gasteiger charge is -2.41. The average Bonchev–Trinajstić information content (AvgIpc) is 3.62. The summed E-state index contributed by atoms with van der Waals surface area (Å²) in [5.74, 6) is 0.979. The lowest BCUT2D eigenvalue weighted by molar-refractivity contribution is -0.137. The number of nitrogens with zero attached hydrogens (tertiary/aromatic N) is 1. The number of carbonyl (C=O) groups excluding carboxylic acids is 2. The first-order chi connectivity index (χ1) is 14.2. The van der Waals surface area contributed by atoms with Crippen LogP contribution in [0.3, 0.4) is 0 Å². The molecule has 4 nitrogen and oxygen atoms in total. The zero-order valence-corrected chi connectivity index (χ0v) is 17.0. The predicted octanol–water partition coefficient (Wildman–Crippen LogP) is 3.71. The molecule has 2 aliphatic rings. The van der Waals surface area contributed by atoms with Crippen molar-refractivity contribution in [2.24, 2.45) is 5.92 Å². The number of benzene rings is 2. The SMILES string of the molecule is O=C(CCc1ccccc1)N1CCC(C(=O)NCC2CC2)(c2ccccc2)CC1. The average molecular weight is 391 g/mol. The molecule has 0 unspecified atom stereocenters. The molecule has 4 heteroatoms. The van der Waals surface area contributed by atoms with Gasteiger partial charge >= 0.3 is 0 Å². The summed E-state index contributed by atoms with van der Waals surface area (Å²) in [4.78, 5) is 27.9. The maximum absolute atomic E-state index is 13.2. The van der Waals surface area contributed by atoms with Crippen LogP contribution in [0, 0.1) is 5.92 Å². The van der Waals surface area contributed by atoms with E-state index in [1.807, 2.05) is 41.3 Å². The molecule has 152 valence electrons. The van der Waals surface area contributed by atoms with Crippen LogP contribution < -0.4 is 5.32 Å². The van der Waals surface area contributed by atoms with Gasteiger partial charge in [-0.15, -0.1) is 0 Å². The van der Waals surface area contributed by atoms with Crippen LogP contribution in [-0.4, -0.2) is 36.3 Å². The first-order valence-electron chi connectivity index (χ1n) is 10.8. The Bertz CT molecular complexity index is 822. The highest BCUT2D eigenvalue weighted by Crippen LogP contribution is 2.37. The van der Waals surface area contributed by atoms with Gasteiger partial charge in [-0.1, -0.05) is 60.7 Å². The Morgan fingerprint density at radius 1 is 0.931 bits per heavy atom. The lowest BCUT2D eigenvalue weighted by Crippen LogP contribution is -2.53. The Hall–Kier alpha value is -2.62. The Morgan fingerprint density at radius 3 is 2.17 bits per heavy atom. The smallest absolute Gasteiger partial charge is 0.230 e. The van der Waals surface area contributed by atoms with Crippen LogP contribution in [0.1, 0.15) is 43.2 Å². The second-order valence-corrected chi connectivity index (χ2v) is 8.47. The van der Waals surface area contributed by atoms with Crippen LogP contribution in [0.4, 0.5) is 0 Å². The topological polar surface area (TPSA) is 49.4 Å². The molecule has 0 spiro atoms. The Morgan fingerprint density at radius 2 is 1.55 bits per heavy atom. The minimum Gasteiger partial charge on any atom is -0.355 e. The van der Waals surface area contributed by atoms with E-state index in [1.54, 1.807) is 0 Å². The van der Waals surface area contributed by atoms with Crippen LogP contribution in [0.25, 0.3) is 0 Å². The Balaban J connectivity index is 1.40. The van der Waals surface area contributed by atoms with Crippen LogP contribution in [0.15, 0.2) is 60.7 Å². The van der Waals surface area contributed by atoms with Crippen LogP contribution in [0.5, 0.6) is 0 Å². The van der Waals surface area contributed by atoms with Crippen LogP contribution >= 0.6 is 0 Å². The predicted molar refractivity (Wildman–Crippen MR) is 114 cm³/mol.